The summed E-state index contributed by atoms with van der Waals surface area (Å²) in [6, 6.07) is 3.68. The summed E-state index contributed by atoms with van der Waals surface area (Å²) in [5.74, 6) is -0.421. The van der Waals surface area contributed by atoms with Gasteiger partial charge >= 0.3 is 5.97 Å². The van der Waals surface area contributed by atoms with E-state index in [-0.39, 0.29) is 0 Å². The summed E-state index contributed by atoms with van der Waals surface area (Å²) in [4.78, 5) is 20.6. The van der Waals surface area contributed by atoms with Gasteiger partial charge in [0.15, 0.2) is 0 Å². The number of pyridine rings is 1. The normalized spacial score (nSPS) is 23.5. The van der Waals surface area contributed by atoms with E-state index in [1.165, 1.54) is 7.11 Å². The van der Waals surface area contributed by atoms with Crippen molar-refractivity contribution in [2.75, 3.05) is 7.11 Å². The number of carbonyl (C=O) groups excluding carboxylic acids is 1. The Bertz CT molecular complexity index is 430. The number of nitrogens with zero attached hydrogens (tertiary/aromatic N) is 2. The maximum absolute atomic E-state index is 11.5. The molecule has 16 heavy (non-hydrogen) atoms. The minimum absolute atomic E-state index is 0.394. The molecule has 0 N–H and O–H groups in total. The molecular formula is C11H12N2O3. The molecule has 0 aliphatic carbocycles. The summed E-state index contributed by atoms with van der Waals surface area (Å²) >= 11 is 0. The van der Waals surface area contributed by atoms with Gasteiger partial charge in [0.2, 0.25) is 5.60 Å². The van der Waals surface area contributed by atoms with Gasteiger partial charge in [0.1, 0.15) is 0 Å². The standard InChI is InChI=1S/C11H12N2O3/c1-11(10(14)15-2)6-9(13-16-11)8-4-3-5-12-7-8/h3-5,7H,6H2,1-2H3. The highest BCUT2D eigenvalue weighted by Crippen LogP contribution is 2.27. The molecule has 2 heterocycles. The van der Waals surface area contributed by atoms with Crippen molar-refractivity contribution < 1.29 is 14.4 Å². The van der Waals surface area contributed by atoms with Gasteiger partial charge in [0, 0.05) is 24.4 Å². The van der Waals surface area contributed by atoms with Crippen LogP contribution in [0.25, 0.3) is 0 Å². The molecule has 1 unspecified atom stereocenters. The smallest absolute Gasteiger partial charge is 0.353 e. The molecule has 1 aliphatic heterocycles. The fraction of sp³-hybridized carbons (Fsp3) is 0.364. The van der Waals surface area contributed by atoms with E-state index in [1.54, 1.807) is 19.3 Å². The zero-order valence-electron chi connectivity index (χ0n) is 9.14. The summed E-state index contributed by atoms with van der Waals surface area (Å²) in [6.45, 7) is 1.66. The summed E-state index contributed by atoms with van der Waals surface area (Å²) < 4.78 is 4.67. The lowest BCUT2D eigenvalue weighted by molar-refractivity contribution is -0.164. The minimum atomic E-state index is -1.01. The van der Waals surface area contributed by atoms with Crippen molar-refractivity contribution in [3.8, 4) is 0 Å². The summed E-state index contributed by atoms with van der Waals surface area (Å²) in [7, 11) is 1.33. The third-order valence-electron chi connectivity index (χ3n) is 2.47. The van der Waals surface area contributed by atoms with Crippen LogP contribution in [0.4, 0.5) is 0 Å². The molecule has 5 nitrogen and oxygen atoms in total. The Morgan fingerprint density at radius 2 is 2.44 bits per heavy atom. The number of carbonyl (C=O) groups is 1. The van der Waals surface area contributed by atoms with E-state index < -0.39 is 11.6 Å². The van der Waals surface area contributed by atoms with Crippen molar-refractivity contribution in [3.63, 3.8) is 0 Å². The van der Waals surface area contributed by atoms with Crippen LogP contribution in [0.2, 0.25) is 0 Å². The number of rotatable bonds is 2. The Morgan fingerprint density at radius 1 is 1.62 bits per heavy atom. The zero-order chi connectivity index (χ0) is 11.6. The van der Waals surface area contributed by atoms with E-state index in [0.29, 0.717) is 12.1 Å². The molecule has 2 rings (SSSR count). The van der Waals surface area contributed by atoms with Gasteiger partial charge in [-0.05, 0) is 19.1 Å². The first kappa shape index (κ1) is 10.6. The molecule has 0 aromatic carbocycles. The molecule has 5 heteroatoms. The second-order valence-electron chi connectivity index (χ2n) is 3.77. The van der Waals surface area contributed by atoms with Crippen LogP contribution in [0, 0.1) is 0 Å². The van der Waals surface area contributed by atoms with E-state index in [2.05, 4.69) is 14.9 Å². The molecule has 1 aromatic rings. The fourth-order valence-electron chi connectivity index (χ4n) is 1.55. The van der Waals surface area contributed by atoms with Crippen molar-refractivity contribution in [1.29, 1.82) is 0 Å². The van der Waals surface area contributed by atoms with Gasteiger partial charge in [-0.3, -0.25) is 4.98 Å². The van der Waals surface area contributed by atoms with Crippen LogP contribution < -0.4 is 0 Å². The molecule has 0 bridgehead atoms. The number of hydrogen-bond acceptors (Lipinski definition) is 5. The highest BCUT2D eigenvalue weighted by atomic mass is 16.7. The quantitative estimate of drug-likeness (QED) is 0.701. The molecule has 0 saturated carbocycles. The molecule has 0 radical (unpaired) electrons. The van der Waals surface area contributed by atoms with E-state index in [0.717, 1.165) is 5.56 Å². The lowest BCUT2D eigenvalue weighted by Gasteiger charge is -2.17. The second-order valence-corrected chi connectivity index (χ2v) is 3.77. The predicted octanol–water partition coefficient (Wildman–Crippen LogP) is 1.14. The number of esters is 1. The van der Waals surface area contributed by atoms with Crippen LogP contribution in [-0.2, 0) is 14.4 Å². The van der Waals surface area contributed by atoms with E-state index >= 15 is 0 Å². The van der Waals surface area contributed by atoms with Crippen LogP contribution in [0.15, 0.2) is 29.7 Å². The maximum atomic E-state index is 11.5. The van der Waals surface area contributed by atoms with Crippen LogP contribution in [-0.4, -0.2) is 29.4 Å². The molecule has 0 spiro atoms. The third-order valence-corrected chi connectivity index (χ3v) is 2.47. The van der Waals surface area contributed by atoms with Gasteiger partial charge in [0.05, 0.1) is 12.8 Å². The van der Waals surface area contributed by atoms with Crippen LogP contribution in [0.3, 0.4) is 0 Å². The van der Waals surface area contributed by atoms with Gasteiger partial charge in [-0.15, -0.1) is 0 Å². The van der Waals surface area contributed by atoms with E-state index in [4.69, 9.17) is 4.84 Å². The molecule has 1 aromatic heterocycles. The lowest BCUT2D eigenvalue weighted by Crippen LogP contribution is -2.36. The number of hydrogen-bond donors (Lipinski definition) is 0. The molecule has 1 aliphatic rings. The lowest BCUT2D eigenvalue weighted by atomic mass is 9.97. The largest absolute Gasteiger partial charge is 0.466 e. The van der Waals surface area contributed by atoms with E-state index in [1.807, 2.05) is 12.1 Å². The number of ether oxygens (including phenoxy) is 1. The molecule has 0 amide bonds. The molecule has 0 saturated heterocycles. The number of aromatic nitrogens is 1. The molecule has 84 valence electrons. The summed E-state index contributed by atoms with van der Waals surface area (Å²) in [5.41, 5.74) is 0.552. The average Bonchev–Trinajstić information content (AvgIpc) is 2.73. The van der Waals surface area contributed by atoms with Gasteiger partial charge in [-0.2, -0.15) is 0 Å². The van der Waals surface area contributed by atoms with Crippen LogP contribution in [0.5, 0.6) is 0 Å². The van der Waals surface area contributed by atoms with Gasteiger partial charge in [-0.25, -0.2) is 4.79 Å². The zero-order valence-corrected chi connectivity index (χ0v) is 9.14. The molecular weight excluding hydrogens is 208 g/mol. The van der Waals surface area contributed by atoms with Crippen molar-refractivity contribution >= 4 is 11.7 Å². The average molecular weight is 220 g/mol. The number of methoxy groups -OCH3 is 1. The first-order chi connectivity index (χ1) is 7.65. The first-order valence-electron chi connectivity index (χ1n) is 4.89. The topological polar surface area (TPSA) is 60.8 Å². The van der Waals surface area contributed by atoms with Gasteiger partial charge < -0.3 is 9.57 Å². The minimum Gasteiger partial charge on any atom is -0.466 e. The summed E-state index contributed by atoms with van der Waals surface area (Å²) in [6.07, 6.45) is 3.76. The van der Waals surface area contributed by atoms with Crippen molar-refractivity contribution in [1.82, 2.24) is 4.98 Å². The van der Waals surface area contributed by atoms with Gasteiger partial charge in [-0.1, -0.05) is 5.16 Å². The Balaban J connectivity index is 2.17. The van der Waals surface area contributed by atoms with Crippen LogP contribution in [0.1, 0.15) is 18.9 Å². The highest BCUT2D eigenvalue weighted by Gasteiger charge is 2.43. The van der Waals surface area contributed by atoms with Crippen molar-refractivity contribution in [3.05, 3.63) is 30.1 Å². The molecule has 0 fully saturated rings. The Morgan fingerprint density at radius 3 is 3.06 bits per heavy atom. The van der Waals surface area contributed by atoms with E-state index in [9.17, 15) is 4.79 Å². The number of oxime groups is 1. The van der Waals surface area contributed by atoms with Crippen molar-refractivity contribution in [2.45, 2.75) is 18.9 Å². The predicted molar refractivity (Wildman–Crippen MR) is 56.9 cm³/mol. The van der Waals surface area contributed by atoms with Crippen LogP contribution >= 0.6 is 0 Å². The van der Waals surface area contributed by atoms with Crippen molar-refractivity contribution in [2.24, 2.45) is 5.16 Å². The monoisotopic (exact) mass is 220 g/mol. The second kappa shape index (κ2) is 3.92. The Labute approximate surface area is 93.1 Å². The summed E-state index contributed by atoms with van der Waals surface area (Å²) in [5, 5.41) is 3.90. The highest BCUT2D eigenvalue weighted by molar-refractivity contribution is 6.04. The third kappa shape index (κ3) is 1.76. The Kier molecular flexibility index (Phi) is 2.60. The fourth-order valence-corrected chi connectivity index (χ4v) is 1.55. The van der Waals surface area contributed by atoms with Gasteiger partial charge in [0.25, 0.3) is 0 Å². The first-order valence-corrected chi connectivity index (χ1v) is 4.89. The Hall–Kier alpha value is -1.91. The maximum Gasteiger partial charge on any atom is 0.353 e. The molecule has 1 atom stereocenters. The SMILES string of the molecule is COC(=O)C1(C)CC(c2cccnc2)=NO1.